The molecule has 8 rings (SSSR count). The third-order valence-corrected chi connectivity index (χ3v) is 8.13. The van der Waals surface area contributed by atoms with Gasteiger partial charge in [-0.05, 0) is 108 Å². The summed E-state index contributed by atoms with van der Waals surface area (Å²) in [4.78, 5) is 21.7. The fraction of sp³-hybridized carbons (Fsp3) is 0.0769. The van der Waals surface area contributed by atoms with Crippen molar-refractivity contribution in [1.82, 2.24) is 19.9 Å². The first kappa shape index (κ1) is 32.3. The van der Waals surface area contributed by atoms with Gasteiger partial charge in [0, 0.05) is 40.2 Å². The van der Waals surface area contributed by atoms with Crippen LogP contribution in [-0.4, -0.2) is 38.5 Å². The van der Waals surface area contributed by atoms with Gasteiger partial charge in [-0.15, -0.1) is 0 Å². The van der Waals surface area contributed by atoms with Crippen LogP contribution in [0.1, 0.15) is 0 Å². The molecule has 0 N–H and O–H groups in total. The monoisotopic (exact) mass is 703 g/mol. The molecule has 49 heavy (non-hydrogen) atoms. The quantitative estimate of drug-likeness (QED) is 0.0969. The van der Waals surface area contributed by atoms with E-state index in [4.69, 9.17) is 54.2 Å². The Balaban J connectivity index is 0.000000898. The summed E-state index contributed by atoms with van der Waals surface area (Å²) in [5.74, 6) is 1.62. The Labute approximate surface area is 297 Å². The molecule has 0 radical (unpaired) electrons. The first-order chi connectivity index (χ1) is 23.9. The zero-order valence-corrected chi connectivity index (χ0v) is 28.7. The lowest BCUT2D eigenvalue weighted by atomic mass is 10.0. The molecule has 7 nitrogen and oxygen atoms in total. The van der Waals surface area contributed by atoms with Gasteiger partial charge in [-0.2, -0.15) is 0 Å². The number of anilines is 3. The van der Waals surface area contributed by atoms with Crippen LogP contribution in [0.25, 0.3) is 55.0 Å². The molecule has 0 aliphatic carbocycles. The Bertz CT molecular complexity index is 2360. The molecule has 5 aromatic carbocycles. The minimum absolute atomic E-state index is 0.750. The molecular weight excluding hydrogens is 677 g/mol. The Morgan fingerprint density at radius 2 is 0.939 bits per heavy atom. The lowest BCUT2D eigenvalue weighted by Crippen LogP contribution is -2.09. The van der Waals surface area contributed by atoms with Crippen LogP contribution in [0.5, 0.6) is 11.5 Å². The van der Waals surface area contributed by atoms with E-state index in [2.05, 4.69) is 75.5 Å². The second kappa shape index (κ2) is 14.1. The van der Waals surface area contributed by atoms with Crippen molar-refractivity contribution in [3.05, 3.63) is 128 Å². The number of hydrogen-bond acceptors (Lipinski definition) is 7. The van der Waals surface area contributed by atoms with E-state index in [0.717, 1.165) is 83.6 Å². The fourth-order valence-corrected chi connectivity index (χ4v) is 5.89. The summed E-state index contributed by atoms with van der Waals surface area (Å²) in [5.41, 5.74) is 10.2. The standard InChI is InChI=1S/C38H27N5O2.CHCl3/c1-44-29-16-12-27(13-17-29)43(28-14-18-30(45-2)19-15-28)26-10-7-24(8-11-26)25-9-20-33-34(23-25)42-38-32-6-4-22-40-36(32)35-31(37(38)41-33)5-3-21-39-35;2-1(3)4/h3-23H,1-2H3;1H. The van der Waals surface area contributed by atoms with Gasteiger partial charge in [0.05, 0.1) is 47.3 Å². The number of alkyl halides is 3. The van der Waals surface area contributed by atoms with Crippen LogP contribution in [0.15, 0.2) is 128 Å². The molecule has 3 aromatic heterocycles. The summed E-state index contributed by atoms with van der Waals surface area (Å²) in [6, 6.07) is 38.9. The summed E-state index contributed by atoms with van der Waals surface area (Å²) in [6.07, 6.45) is 3.59. The van der Waals surface area contributed by atoms with Gasteiger partial charge in [-0.25, -0.2) is 9.97 Å². The molecule has 0 bridgehead atoms. The van der Waals surface area contributed by atoms with Gasteiger partial charge in [0.15, 0.2) is 4.30 Å². The van der Waals surface area contributed by atoms with Gasteiger partial charge in [0.25, 0.3) is 0 Å². The molecule has 0 amide bonds. The average Bonchev–Trinajstić information content (AvgIpc) is 3.15. The first-order valence-electron chi connectivity index (χ1n) is 15.3. The molecule has 0 aliphatic heterocycles. The van der Waals surface area contributed by atoms with Crippen molar-refractivity contribution in [1.29, 1.82) is 0 Å². The molecule has 3 heterocycles. The van der Waals surface area contributed by atoms with Crippen molar-refractivity contribution in [2.75, 3.05) is 19.1 Å². The van der Waals surface area contributed by atoms with Crippen LogP contribution in [0.3, 0.4) is 0 Å². The summed E-state index contributed by atoms with van der Waals surface area (Å²) in [6.45, 7) is 0. The number of benzene rings is 5. The predicted octanol–water partition coefficient (Wildman–Crippen LogP) is 11.0. The summed E-state index contributed by atoms with van der Waals surface area (Å²) in [7, 11) is 3.35. The third kappa shape index (κ3) is 6.61. The van der Waals surface area contributed by atoms with Crippen LogP contribution in [0.4, 0.5) is 17.1 Å². The second-order valence-electron chi connectivity index (χ2n) is 10.9. The van der Waals surface area contributed by atoms with Crippen LogP contribution in [0.2, 0.25) is 0 Å². The largest absolute Gasteiger partial charge is 0.497 e. The van der Waals surface area contributed by atoms with Crippen molar-refractivity contribution >= 4 is 95.7 Å². The number of nitrogens with zero attached hydrogens (tertiary/aromatic N) is 5. The molecule has 0 fully saturated rings. The van der Waals surface area contributed by atoms with Crippen molar-refractivity contribution in [2.24, 2.45) is 0 Å². The normalized spacial score (nSPS) is 11.1. The summed E-state index contributed by atoms with van der Waals surface area (Å²) < 4.78 is 10.0. The Kier molecular flexibility index (Phi) is 9.31. The van der Waals surface area contributed by atoms with Gasteiger partial charge in [-0.1, -0.05) is 53.0 Å². The van der Waals surface area contributed by atoms with E-state index in [-0.39, 0.29) is 0 Å². The lowest BCUT2D eigenvalue weighted by Gasteiger charge is -2.26. The van der Waals surface area contributed by atoms with Crippen molar-refractivity contribution in [3.63, 3.8) is 0 Å². The fourth-order valence-electron chi connectivity index (χ4n) is 5.89. The molecule has 0 spiro atoms. The Hall–Kier alpha value is -5.21. The maximum atomic E-state index is 5.40. The van der Waals surface area contributed by atoms with E-state index in [0.29, 0.717) is 0 Å². The summed E-state index contributed by atoms with van der Waals surface area (Å²) in [5, 5.41) is 1.89. The zero-order valence-electron chi connectivity index (χ0n) is 26.4. The average molecular weight is 705 g/mol. The van der Waals surface area contributed by atoms with Gasteiger partial charge >= 0.3 is 0 Å². The summed E-state index contributed by atoms with van der Waals surface area (Å²) >= 11 is 14.4. The molecule has 0 saturated carbocycles. The molecular formula is C39H28Cl3N5O2. The number of methoxy groups -OCH3 is 2. The number of pyridine rings is 2. The third-order valence-electron chi connectivity index (χ3n) is 8.13. The first-order valence-corrected chi connectivity index (χ1v) is 16.6. The maximum absolute atomic E-state index is 5.40. The highest BCUT2D eigenvalue weighted by Crippen LogP contribution is 2.38. The lowest BCUT2D eigenvalue weighted by molar-refractivity contribution is 0.415. The predicted molar refractivity (Wildman–Crippen MR) is 202 cm³/mol. The number of rotatable bonds is 6. The van der Waals surface area contributed by atoms with E-state index in [1.807, 2.05) is 54.6 Å². The molecule has 8 aromatic rings. The van der Waals surface area contributed by atoms with Crippen LogP contribution in [-0.2, 0) is 0 Å². The zero-order chi connectivity index (χ0) is 33.9. The van der Waals surface area contributed by atoms with Crippen LogP contribution < -0.4 is 14.4 Å². The van der Waals surface area contributed by atoms with Crippen molar-refractivity contribution < 1.29 is 9.47 Å². The number of halogens is 3. The Morgan fingerprint density at radius 1 is 0.510 bits per heavy atom. The Morgan fingerprint density at radius 3 is 1.41 bits per heavy atom. The maximum Gasteiger partial charge on any atom is 0.180 e. The van der Waals surface area contributed by atoms with Crippen LogP contribution >= 0.6 is 34.8 Å². The van der Waals surface area contributed by atoms with E-state index in [1.165, 1.54) is 0 Å². The van der Waals surface area contributed by atoms with Crippen LogP contribution in [0, 0.1) is 0 Å². The van der Waals surface area contributed by atoms with E-state index < -0.39 is 4.30 Å². The molecule has 0 atom stereocenters. The van der Waals surface area contributed by atoms with Gasteiger partial charge in [-0.3, -0.25) is 9.97 Å². The number of aromatic nitrogens is 4. The number of hydrogen-bond donors (Lipinski definition) is 0. The van der Waals surface area contributed by atoms with E-state index in [1.54, 1.807) is 26.6 Å². The number of fused-ring (bicyclic) bond motifs is 7. The second-order valence-corrected chi connectivity index (χ2v) is 12.9. The van der Waals surface area contributed by atoms with Crippen molar-refractivity contribution in [3.8, 4) is 22.6 Å². The van der Waals surface area contributed by atoms with Gasteiger partial charge < -0.3 is 14.4 Å². The van der Waals surface area contributed by atoms with Crippen molar-refractivity contribution in [2.45, 2.75) is 4.30 Å². The molecule has 0 unspecified atom stereocenters. The highest BCUT2D eigenvalue weighted by atomic mass is 35.6. The highest BCUT2D eigenvalue weighted by molar-refractivity contribution is 6.63. The highest BCUT2D eigenvalue weighted by Gasteiger charge is 2.16. The minimum Gasteiger partial charge on any atom is -0.497 e. The van der Waals surface area contributed by atoms with E-state index in [9.17, 15) is 0 Å². The molecule has 10 heteroatoms. The van der Waals surface area contributed by atoms with E-state index >= 15 is 0 Å². The molecule has 0 aliphatic rings. The van der Waals surface area contributed by atoms with Gasteiger partial charge in [0.1, 0.15) is 11.5 Å². The smallest absolute Gasteiger partial charge is 0.180 e. The molecule has 0 saturated heterocycles. The van der Waals surface area contributed by atoms with Gasteiger partial charge in [0.2, 0.25) is 0 Å². The number of ether oxygens (including phenoxy) is 2. The SMILES string of the molecule is COc1ccc(N(c2ccc(OC)cc2)c2ccc(-c3ccc4nc5c6cccnc6c6ncccc6c5nc4c3)cc2)cc1.ClC(Cl)Cl. The minimum atomic E-state index is -0.750. The topological polar surface area (TPSA) is 73.3 Å². The molecule has 242 valence electrons.